The Morgan fingerprint density at radius 2 is 1.87 bits per heavy atom. The second kappa shape index (κ2) is 10.2. The van der Waals surface area contributed by atoms with E-state index < -0.39 is 11.7 Å². The van der Waals surface area contributed by atoms with Crippen LogP contribution in [0.4, 0.5) is 30.8 Å². The summed E-state index contributed by atoms with van der Waals surface area (Å²) < 4.78 is 47.6. The van der Waals surface area contributed by atoms with Gasteiger partial charge >= 0.3 is 6.18 Å². The van der Waals surface area contributed by atoms with E-state index in [1.807, 2.05) is 4.57 Å². The lowest BCUT2D eigenvalue weighted by Gasteiger charge is -2.34. The van der Waals surface area contributed by atoms with Gasteiger partial charge in [-0.15, -0.1) is 0 Å². The number of carbonyl (C=O) groups is 1. The minimum atomic E-state index is -4.55. The quantitative estimate of drug-likeness (QED) is 0.373. The molecule has 38 heavy (non-hydrogen) atoms. The first-order valence-corrected chi connectivity index (χ1v) is 12.9. The van der Waals surface area contributed by atoms with Crippen LogP contribution in [-0.2, 0) is 15.7 Å². The Labute approximate surface area is 222 Å². The van der Waals surface area contributed by atoms with Crippen molar-refractivity contribution in [2.24, 2.45) is 11.7 Å². The topological polar surface area (TPSA) is 120 Å². The van der Waals surface area contributed by atoms with Gasteiger partial charge in [0.15, 0.2) is 5.65 Å². The summed E-state index contributed by atoms with van der Waals surface area (Å²) in [5.41, 5.74) is 5.61. The number of alkyl halides is 3. The monoisotopic (exact) mass is 551 g/mol. The van der Waals surface area contributed by atoms with Crippen LogP contribution < -0.4 is 16.4 Å². The van der Waals surface area contributed by atoms with Crippen molar-refractivity contribution in [1.29, 1.82) is 0 Å². The summed E-state index contributed by atoms with van der Waals surface area (Å²) in [7, 11) is 0. The highest BCUT2D eigenvalue weighted by Crippen LogP contribution is 2.38. The van der Waals surface area contributed by atoms with Gasteiger partial charge in [0.1, 0.15) is 5.52 Å². The first-order valence-electron chi connectivity index (χ1n) is 12.6. The highest BCUT2D eigenvalue weighted by Gasteiger charge is 2.33. The molecule has 9 nitrogen and oxygen atoms in total. The summed E-state index contributed by atoms with van der Waals surface area (Å²) in [6, 6.07) is 3.18. The smallest absolute Gasteiger partial charge is 0.381 e. The zero-order valence-electron chi connectivity index (χ0n) is 20.8. The number of anilines is 3. The largest absolute Gasteiger partial charge is 0.416 e. The van der Waals surface area contributed by atoms with Crippen LogP contribution in [0, 0.1) is 5.92 Å². The van der Waals surface area contributed by atoms with Crippen LogP contribution in [0.2, 0.25) is 5.02 Å². The van der Waals surface area contributed by atoms with Crippen molar-refractivity contribution in [2.75, 3.05) is 23.8 Å². The molecule has 204 valence electrons. The second-order valence-corrected chi connectivity index (χ2v) is 10.7. The minimum Gasteiger partial charge on any atom is -0.381 e. The number of aromatic nitrogens is 4. The minimum absolute atomic E-state index is 0.0528. The van der Waals surface area contributed by atoms with Crippen molar-refractivity contribution in [3.8, 4) is 0 Å². The number of halogens is 4. The zero-order chi connectivity index (χ0) is 27.1. The first-order chi connectivity index (χ1) is 18.0. The van der Waals surface area contributed by atoms with E-state index in [0.29, 0.717) is 62.0 Å². The number of amides is 1. The summed E-state index contributed by atoms with van der Waals surface area (Å²) >= 11 is 6.01. The number of nitrogens with one attached hydrogen (secondary N) is 2. The number of nitrogens with zero attached hydrogens (tertiary/aromatic N) is 4. The van der Waals surface area contributed by atoms with Gasteiger partial charge in [-0.2, -0.15) is 18.2 Å². The fourth-order valence-corrected chi connectivity index (χ4v) is 5.41. The molecule has 0 spiro atoms. The fourth-order valence-electron chi connectivity index (χ4n) is 5.18. The average molecular weight is 552 g/mol. The summed E-state index contributed by atoms with van der Waals surface area (Å²) in [6.07, 6.45) is 1.12. The fraction of sp³-hybridized carbons (Fsp3) is 0.520. The molecular weight excluding hydrogens is 523 g/mol. The van der Waals surface area contributed by atoms with Crippen molar-refractivity contribution >= 4 is 46.3 Å². The number of nitrogens with two attached hydrogens (primary N) is 1. The SMILES string of the molecule is CC1(Nc2ncc3nc(Nc4cc(Cl)cc(C(F)(F)F)c4)n([C@H]4CC[C@H](C(N)=O)CC4)c3n2)CCOCC1. The van der Waals surface area contributed by atoms with E-state index in [-0.39, 0.29) is 34.1 Å². The number of primary amides is 1. The predicted octanol–water partition coefficient (Wildman–Crippen LogP) is 5.44. The van der Waals surface area contributed by atoms with Crippen LogP contribution in [0.1, 0.15) is 57.1 Å². The molecule has 3 heterocycles. The molecule has 2 aromatic heterocycles. The number of hydrogen-bond acceptors (Lipinski definition) is 7. The number of fused-ring (bicyclic) bond motifs is 1. The normalized spacial score (nSPS) is 21.8. The van der Waals surface area contributed by atoms with Gasteiger partial charge in [-0.25, -0.2) is 9.97 Å². The molecule has 0 bridgehead atoms. The van der Waals surface area contributed by atoms with Gasteiger partial charge in [0.05, 0.1) is 11.8 Å². The first kappa shape index (κ1) is 26.5. The van der Waals surface area contributed by atoms with Gasteiger partial charge in [-0.3, -0.25) is 9.36 Å². The summed E-state index contributed by atoms with van der Waals surface area (Å²) in [4.78, 5) is 25.6. The molecule has 13 heteroatoms. The average Bonchev–Trinajstić information content (AvgIpc) is 3.20. The molecule has 0 unspecified atom stereocenters. The summed E-state index contributed by atoms with van der Waals surface area (Å²) in [6.45, 7) is 3.37. The van der Waals surface area contributed by atoms with E-state index in [1.165, 1.54) is 6.07 Å². The van der Waals surface area contributed by atoms with Gasteiger partial charge in [-0.1, -0.05) is 11.6 Å². The maximum absolute atomic E-state index is 13.4. The molecule has 0 atom stereocenters. The highest BCUT2D eigenvalue weighted by atomic mass is 35.5. The number of ether oxygens (including phenoxy) is 1. The summed E-state index contributed by atoms with van der Waals surface area (Å²) in [5.74, 6) is 0.221. The molecule has 2 fully saturated rings. The van der Waals surface area contributed by atoms with E-state index in [2.05, 4.69) is 27.5 Å². The molecule has 1 aliphatic carbocycles. The van der Waals surface area contributed by atoms with Crippen LogP contribution in [0.15, 0.2) is 24.4 Å². The van der Waals surface area contributed by atoms with Crippen molar-refractivity contribution < 1.29 is 22.7 Å². The van der Waals surface area contributed by atoms with E-state index in [9.17, 15) is 18.0 Å². The zero-order valence-corrected chi connectivity index (χ0v) is 21.6. The van der Waals surface area contributed by atoms with Crippen LogP contribution in [0.25, 0.3) is 11.2 Å². The lowest BCUT2D eigenvalue weighted by atomic mass is 9.85. The van der Waals surface area contributed by atoms with Crippen molar-refractivity contribution in [1.82, 2.24) is 19.5 Å². The third-order valence-electron chi connectivity index (χ3n) is 7.39. The Morgan fingerprint density at radius 3 is 2.53 bits per heavy atom. The molecule has 1 saturated carbocycles. The summed E-state index contributed by atoms with van der Waals surface area (Å²) in [5, 5.41) is 6.40. The van der Waals surface area contributed by atoms with Gasteiger partial charge in [0.25, 0.3) is 0 Å². The number of hydrogen-bond donors (Lipinski definition) is 3. The van der Waals surface area contributed by atoms with Gasteiger partial charge < -0.3 is 21.1 Å². The van der Waals surface area contributed by atoms with E-state index >= 15 is 0 Å². The van der Waals surface area contributed by atoms with Gasteiger partial charge in [0.2, 0.25) is 17.8 Å². The standard InChI is InChI=1S/C25H29ClF3N7O2/c1-24(6-8-38-9-7-24)35-22-31-13-19-21(34-22)36(18-4-2-14(3-5-18)20(30)37)23(33-19)32-17-11-15(25(27,28)29)10-16(26)12-17/h10-14,18H,2-9H2,1H3,(H2,30,37)(H,32,33)(H,31,34,35)/t14-,18-. The Hall–Kier alpha value is -3.12. The third-order valence-corrected chi connectivity index (χ3v) is 7.61. The Balaban J connectivity index is 1.53. The molecule has 3 aromatic rings. The molecule has 0 radical (unpaired) electrons. The van der Waals surface area contributed by atoms with Crippen LogP contribution in [0.3, 0.4) is 0 Å². The predicted molar refractivity (Wildman–Crippen MR) is 137 cm³/mol. The molecule has 1 saturated heterocycles. The lowest BCUT2D eigenvalue weighted by molar-refractivity contribution is -0.137. The molecular formula is C25H29ClF3N7O2. The van der Waals surface area contributed by atoms with Gasteiger partial charge in [0, 0.05) is 41.4 Å². The lowest BCUT2D eigenvalue weighted by Crippen LogP contribution is -2.41. The second-order valence-electron chi connectivity index (χ2n) is 10.3. The third kappa shape index (κ3) is 5.65. The highest BCUT2D eigenvalue weighted by molar-refractivity contribution is 6.31. The maximum Gasteiger partial charge on any atom is 0.416 e. The van der Waals surface area contributed by atoms with Gasteiger partial charge in [-0.05, 0) is 63.6 Å². The van der Waals surface area contributed by atoms with Crippen LogP contribution in [0.5, 0.6) is 0 Å². The molecule has 5 rings (SSSR count). The number of imidazole rings is 1. The van der Waals surface area contributed by atoms with E-state index in [1.54, 1.807) is 6.20 Å². The molecule has 1 aromatic carbocycles. The molecule has 2 aliphatic rings. The van der Waals surface area contributed by atoms with Crippen LogP contribution >= 0.6 is 11.6 Å². The van der Waals surface area contributed by atoms with Crippen molar-refractivity contribution in [3.05, 3.63) is 35.0 Å². The van der Waals surface area contributed by atoms with Crippen molar-refractivity contribution in [2.45, 2.75) is 63.2 Å². The Bertz CT molecular complexity index is 1330. The van der Waals surface area contributed by atoms with Crippen molar-refractivity contribution in [3.63, 3.8) is 0 Å². The number of rotatable bonds is 6. The van der Waals surface area contributed by atoms with E-state index in [0.717, 1.165) is 25.0 Å². The molecule has 1 amide bonds. The Kier molecular flexibility index (Phi) is 7.12. The maximum atomic E-state index is 13.4. The number of carbonyl (C=O) groups excluding carboxylic acids is 1. The van der Waals surface area contributed by atoms with Crippen LogP contribution in [-0.4, -0.2) is 44.2 Å². The molecule has 1 aliphatic heterocycles. The van der Waals surface area contributed by atoms with E-state index in [4.69, 9.17) is 27.1 Å². The Morgan fingerprint density at radius 1 is 1.16 bits per heavy atom. The number of benzene rings is 1. The molecule has 4 N–H and O–H groups in total.